The van der Waals surface area contributed by atoms with Crippen molar-refractivity contribution in [3.8, 4) is 22.9 Å². The molecule has 3 unspecified atom stereocenters. The highest BCUT2D eigenvalue weighted by Gasteiger charge is 2.41. The third kappa shape index (κ3) is 6.16. The van der Waals surface area contributed by atoms with E-state index < -0.39 is 35.4 Å². The SMILES string of the molecule is CCOc1cc(-c2ncc(C(O)CCc3ccc(C(C4CC4)C(C)C(=O)OC)c(F)c3O)nc2C)c(F)cn1. The molecule has 3 atom stereocenters. The molecule has 2 N–H and O–H groups in total. The maximum atomic E-state index is 15.3. The van der Waals surface area contributed by atoms with E-state index in [1.807, 2.05) is 0 Å². The van der Waals surface area contributed by atoms with Gasteiger partial charge in [-0.15, -0.1) is 0 Å². The van der Waals surface area contributed by atoms with Gasteiger partial charge in [-0.1, -0.05) is 19.1 Å². The van der Waals surface area contributed by atoms with Crippen molar-refractivity contribution < 1.29 is 33.3 Å². The van der Waals surface area contributed by atoms with Crippen LogP contribution in [0.5, 0.6) is 11.6 Å². The predicted molar refractivity (Wildman–Crippen MR) is 139 cm³/mol. The summed E-state index contributed by atoms with van der Waals surface area (Å²) in [7, 11) is 1.31. The first kappa shape index (κ1) is 28.4. The van der Waals surface area contributed by atoms with Gasteiger partial charge in [0.2, 0.25) is 5.88 Å². The first-order valence-corrected chi connectivity index (χ1v) is 13.0. The number of esters is 1. The van der Waals surface area contributed by atoms with E-state index in [1.165, 1.54) is 19.4 Å². The number of hydrogen-bond donors (Lipinski definition) is 2. The van der Waals surface area contributed by atoms with Gasteiger partial charge in [-0.3, -0.25) is 14.8 Å². The van der Waals surface area contributed by atoms with Crippen LogP contribution in [-0.4, -0.2) is 44.9 Å². The summed E-state index contributed by atoms with van der Waals surface area (Å²) < 4.78 is 40.0. The molecule has 1 saturated carbocycles. The maximum absolute atomic E-state index is 15.3. The lowest BCUT2D eigenvalue weighted by Crippen LogP contribution is -2.23. The van der Waals surface area contributed by atoms with Gasteiger partial charge in [0.15, 0.2) is 17.4 Å². The number of pyridine rings is 1. The summed E-state index contributed by atoms with van der Waals surface area (Å²) in [6.45, 7) is 5.55. The van der Waals surface area contributed by atoms with Crippen molar-refractivity contribution in [2.24, 2.45) is 11.8 Å². The van der Waals surface area contributed by atoms with Crippen molar-refractivity contribution in [3.63, 3.8) is 0 Å². The molecule has 0 bridgehead atoms. The molecule has 8 nitrogen and oxygen atoms in total. The van der Waals surface area contributed by atoms with E-state index in [9.17, 15) is 19.4 Å². The number of nitrogens with zero attached hydrogens (tertiary/aromatic N) is 3. The largest absolute Gasteiger partial charge is 0.505 e. The number of aliphatic hydroxyl groups excluding tert-OH is 1. The number of carbonyl (C=O) groups is 1. The molecule has 0 saturated heterocycles. The molecule has 1 aliphatic carbocycles. The zero-order valence-corrected chi connectivity index (χ0v) is 22.4. The third-order valence-corrected chi connectivity index (χ3v) is 7.20. The van der Waals surface area contributed by atoms with Gasteiger partial charge in [0.25, 0.3) is 0 Å². The van der Waals surface area contributed by atoms with Crippen LogP contribution in [0.25, 0.3) is 11.3 Å². The molecule has 2 aromatic heterocycles. The second kappa shape index (κ2) is 12.0. The van der Waals surface area contributed by atoms with E-state index in [0.717, 1.165) is 19.0 Å². The van der Waals surface area contributed by atoms with E-state index in [4.69, 9.17) is 9.47 Å². The van der Waals surface area contributed by atoms with Crippen LogP contribution in [0.3, 0.4) is 0 Å². The number of ether oxygens (including phenoxy) is 2. The number of methoxy groups -OCH3 is 1. The number of carbonyl (C=O) groups excluding carboxylic acids is 1. The molecule has 10 heteroatoms. The molecule has 0 aliphatic heterocycles. The lowest BCUT2D eigenvalue weighted by molar-refractivity contribution is -0.145. The van der Waals surface area contributed by atoms with Gasteiger partial charge < -0.3 is 19.7 Å². The van der Waals surface area contributed by atoms with Crippen molar-refractivity contribution in [3.05, 3.63) is 64.7 Å². The highest BCUT2D eigenvalue weighted by molar-refractivity contribution is 5.73. The highest BCUT2D eigenvalue weighted by Crippen LogP contribution is 2.48. The summed E-state index contributed by atoms with van der Waals surface area (Å²) in [4.78, 5) is 24.8. The van der Waals surface area contributed by atoms with Gasteiger partial charge in [-0.2, -0.15) is 0 Å². The minimum atomic E-state index is -1.05. The quantitative estimate of drug-likeness (QED) is 0.319. The number of phenols is 1. The minimum absolute atomic E-state index is 0.141. The summed E-state index contributed by atoms with van der Waals surface area (Å²) in [5, 5.41) is 21.4. The number of aryl methyl sites for hydroxylation is 2. The number of rotatable bonds is 11. The molecule has 39 heavy (non-hydrogen) atoms. The lowest BCUT2D eigenvalue weighted by Gasteiger charge is -2.24. The first-order chi connectivity index (χ1) is 18.7. The molecule has 1 aliphatic rings. The average Bonchev–Trinajstić information content (AvgIpc) is 3.76. The summed E-state index contributed by atoms with van der Waals surface area (Å²) in [6, 6.07) is 4.69. The molecular weight excluding hydrogens is 508 g/mol. The summed E-state index contributed by atoms with van der Waals surface area (Å²) in [5.74, 6) is -2.72. The van der Waals surface area contributed by atoms with Gasteiger partial charge in [0.05, 0.1) is 55.2 Å². The molecule has 1 aromatic carbocycles. The summed E-state index contributed by atoms with van der Waals surface area (Å²) >= 11 is 0. The predicted octanol–water partition coefficient (Wildman–Crippen LogP) is 5.20. The van der Waals surface area contributed by atoms with Crippen molar-refractivity contribution in [2.75, 3.05) is 13.7 Å². The van der Waals surface area contributed by atoms with E-state index in [2.05, 4.69) is 15.0 Å². The summed E-state index contributed by atoms with van der Waals surface area (Å²) in [6.07, 6.45) is 3.47. The number of phenolic OH excluding ortho intramolecular Hbond substituents is 1. The van der Waals surface area contributed by atoms with Gasteiger partial charge >= 0.3 is 5.97 Å². The fraction of sp³-hybridized carbons (Fsp3) is 0.448. The topological polar surface area (TPSA) is 115 Å². The third-order valence-electron chi connectivity index (χ3n) is 7.20. The van der Waals surface area contributed by atoms with Crippen molar-refractivity contribution in [1.82, 2.24) is 15.0 Å². The van der Waals surface area contributed by atoms with E-state index in [-0.39, 0.29) is 41.8 Å². The Morgan fingerprint density at radius 1 is 1.21 bits per heavy atom. The Labute approximate surface area is 226 Å². The Balaban J connectivity index is 1.49. The number of hydrogen-bond acceptors (Lipinski definition) is 8. The van der Waals surface area contributed by atoms with Gasteiger partial charge in [0.1, 0.15) is 0 Å². The van der Waals surface area contributed by atoms with E-state index in [1.54, 1.807) is 32.9 Å². The fourth-order valence-electron chi connectivity index (χ4n) is 4.99. The standard InChI is InChI=1S/C29H33F2N3O5/c1-5-39-24-12-20(21(30)13-32-24)27-16(3)34-22(14-33-27)23(35)11-9-18-8-10-19(26(31)28(18)36)25(17-6-7-17)15(2)29(37)38-4/h8,10,12-15,17,23,25,35-36H,5-7,9,11H2,1-4H3. The van der Waals surface area contributed by atoms with Gasteiger partial charge in [-0.25, -0.2) is 13.8 Å². The van der Waals surface area contributed by atoms with Crippen LogP contribution >= 0.6 is 0 Å². The Bertz CT molecular complexity index is 1350. The average molecular weight is 542 g/mol. The molecule has 0 spiro atoms. The maximum Gasteiger partial charge on any atom is 0.309 e. The highest BCUT2D eigenvalue weighted by atomic mass is 19.1. The fourth-order valence-corrected chi connectivity index (χ4v) is 4.99. The van der Waals surface area contributed by atoms with Crippen molar-refractivity contribution in [1.29, 1.82) is 0 Å². The van der Waals surface area contributed by atoms with E-state index >= 15 is 4.39 Å². The molecule has 0 amide bonds. The van der Waals surface area contributed by atoms with Crippen LogP contribution in [0.4, 0.5) is 8.78 Å². The lowest BCUT2D eigenvalue weighted by atomic mass is 9.82. The molecule has 2 heterocycles. The van der Waals surface area contributed by atoms with Gasteiger partial charge in [-0.05, 0) is 56.6 Å². The molecular formula is C29H33F2N3O5. The van der Waals surface area contributed by atoms with Crippen LogP contribution in [0, 0.1) is 30.4 Å². The number of benzene rings is 1. The monoisotopic (exact) mass is 541 g/mol. The second-order valence-electron chi connectivity index (χ2n) is 9.87. The second-order valence-corrected chi connectivity index (χ2v) is 9.87. The molecule has 0 radical (unpaired) electrons. The molecule has 3 aromatic rings. The van der Waals surface area contributed by atoms with Crippen LogP contribution in [0.15, 0.2) is 30.6 Å². The van der Waals surface area contributed by atoms with Crippen molar-refractivity contribution in [2.45, 2.75) is 58.5 Å². The Morgan fingerprint density at radius 2 is 1.95 bits per heavy atom. The smallest absolute Gasteiger partial charge is 0.309 e. The molecule has 4 rings (SSSR count). The van der Waals surface area contributed by atoms with Crippen LogP contribution < -0.4 is 4.74 Å². The number of aliphatic hydroxyl groups is 1. The molecule has 1 fully saturated rings. The van der Waals surface area contributed by atoms with E-state index in [0.29, 0.717) is 29.1 Å². The normalized spacial score (nSPS) is 15.5. The Hall–Kier alpha value is -3.66. The summed E-state index contributed by atoms with van der Waals surface area (Å²) in [5.41, 5.74) is 1.79. The zero-order valence-electron chi connectivity index (χ0n) is 22.4. The van der Waals surface area contributed by atoms with Crippen molar-refractivity contribution >= 4 is 5.97 Å². The number of halogens is 2. The first-order valence-electron chi connectivity index (χ1n) is 13.0. The van der Waals surface area contributed by atoms with Crippen LogP contribution in [0.1, 0.15) is 67.6 Å². The number of aromatic hydroxyl groups is 1. The van der Waals surface area contributed by atoms with Crippen LogP contribution in [0.2, 0.25) is 0 Å². The Kier molecular flexibility index (Phi) is 8.74. The van der Waals surface area contributed by atoms with Gasteiger partial charge in [0, 0.05) is 17.5 Å². The minimum Gasteiger partial charge on any atom is -0.505 e. The Morgan fingerprint density at radius 3 is 2.59 bits per heavy atom. The zero-order chi connectivity index (χ0) is 28.3. The molecule has 208 valence electrons. The number of aromatic nitrogens is 3. The van der Waals surface area contributed by atoms with Crippen LogP contribution in [-0.2, 0) is 16.0 Å².